The van der Waals surface area contributed by atoms with Gasteiger partial charge in [0.2, 0.25) is 5.96 Å². The van der Waals surface area contributed by atoms with Crippen molar-refractivity contribution in [2.45, 2.75) is 13.5 Å². The Hall–Kier alpha value is -2.43. The number of guanidine groups is 1. The minimum absolute atomic E-state index is 0.0628. The van der Waals surface area contributed by atoms with Gasteiger partial charge in [0.05, 0.1) is 7.11 Å². The summed E-state index contributed by atoms with van der Waals surface area (Å²) in [6, 6.07) is 8.06. The highest BCUT2D eigenvalue weighted by molar-refractivity contribution is 14.1. The Morgan fingerprint density at radius 3 is 2.80 bits per heavy atom. The number of pyridine rings is 1. The predicted octanol–water partition coefficient (Wildman–Crippen LogP) is 2.68. The monoisotopic (exact) mass is 458 g/mol. The largest absolute Gasteiger partial charge is 0.496 e. The van der Waals surface area contributed by atoms with Crippen LogP contribution in [-0.4, -0.2) is 24.0 Å². The summed E-state index contributed by atoms with van der Waals surface area (Å²) < 4.78 is 20.1. The molecule has 2 rings (SSSR count). The summed E-state index contributed by atoms with van der Waals surface area (Å²) in [6.45, 7) is 1.31. The number of aromatic nitrogens is 1. The molecule has 0 amide bonds. The number of rotatable bonds is 4. The molecule has 0 aliphatic rings. The number of nitrogens with one attached hydrogen (secondary N) is 2. The van der Waals surface area contributed by atoms with Crippen LogP contribution in [0.2, 0.25) is 0 Å². The highest BCUT2D eigenvalue weighted by Gasteiger charge is 2.11. The van der Waals surface area contributed by atoms with Gasteiger partial charge in [0.1, 0.15) is 11.6 Å². The van der Waals surface area contributed by atoms with Crippen molar-refractivity contribution in [1.29, 1.82) is 0 Å². The third-order valence-corrected chi connectivity index (χ3v) is 3.60. The Labute approximate surface area is 157 Å². The van der Waals surface area contributed by atoms with E-state index in [0.717, 1.165) is 3.57 Å². The maximum atomic E-state index is 14.0. The lowest BCUT2D eigenvalue weighted by molar-refractivity contribution is -0.145. The zero-order chi connectivity index (χ0) is 18.2. The summed E-state index contributed by atoms with van der Waals surface area (Å²) in [5.41, 5.74) is 2.71. The fourth-order valence-electron chi connectivity index (χ4n) is 1.84. The van der Waals surface area contributed by atoms with Crippen LogP contribution in [0.15, 0.2) is 41.5 Å². The van der Waals surface area contributed by atoms with Crippen LogP contribution in [0.25, 0.3) is 0 Å². The maximum absolute atomic E-state index is 14.0. The van der Waals surface area contributed by atoms with E-state index in [4.69, 9.17) is 9.57 Å². The van der Waals surface area contributed by atoms with E-state index in [-0.39, 0.29) is 12.5 Å². The van der Waals surface area contributed by atoms with E-state index in [0.29, 0.717) is 17.1 Å². The van der Waals surface area contributed by atoms with E-state index in [1.54, 1.807) is 24.4 Å². The first-order valence-corrected chi connectivity index (χ1v) is 8.26. The van der Waals surface area contributed by atoms with Crippen molar-refractivity contribution >= 4 is 40.3 Å². The SMILES string of the molecule is COc1cccc(F)c1CNC(=Nc1ccc(I)cn1)NOC(C)=O. The van der Waals surface area contributed by atoms with Crippen LogP contribution in [-0.2, 0) is 16.2 Å². The first kappa shape index (κ1) is 18.9. The van der Waals surface area contributed by atoms with E-state index in [1.165, 1.54) is 20.1 Å². The molecule has 1 aromatic heterocycles. The fraction of sp³-hybridized carbons (Fsp3) is 0.188. The molecule has 25 heavy (non-hydrogen) atoms. The molecule has 9 heteroatoms. The number of methoxy groups -OCH3 is 1. The fourth-order valence-corrected chi connectivity index (χ4v) is 2.16. The Morgan fingerprint density at radius 1 is 1.36 bits per heavy atom. The Kier molecular flexibility index (Phi) is 6.92. The minimum atomic E-state index is -0.548. The van der Waals surface area contributed by atoms with Crippen LogP contribution in [0.4, 0.5) is 10.2 Å². The molecule has 0 atom stereocenters. The van der Waals surface area contributed by atoms with Crippen LogP contribution in [0, 0.1) is 9.39 Å². The van der Waals surface area contributed by atoms with Gasteiger partial charge in [-0.1, -0.05) is 6.07 Å². The summed E-state index contributed by atoms with van der Waals surface area (Å²) >= 11 is 2.12. The normalized spacial score (nSPS) is 11.0. The molecule has 132 valence electrons. The van der Waals surface area contributed by atoms with Gasteiger partial charge in [-0.3, -0.25) is 4.79 Å². The van der Waals surface area contributed by atoms with Crippen molar-refractivity contribution < 1.29 is 18.8 Å². The molecular weight excluding hydrogens is 442 g/mol. The first-order valence-electron chi connectivity index (χ1n) is 7.18. The van der Waals surface area contributed by atoms with Crippen molar-refractivity contribution in [2.75, 3.05) is 7.11 Å². The van der Waals surface area contributed by atoms with Crippen molar-refractivity contribution in [2.24, 2.45) is 4.99 Å². The second kappa shape index (κ2) is 9.16. The molecule has 1 aromatic carbocycles. The summed E-state index contributed by atoms with van der Waals surface area (Å²) in [4.78, 5) is 24.1. The number of carbonyl (C=O) groups excluding carboxylic acids is 1. The maximum Gasteiger partial charge on any atom is 0.329 e. The molecule has 0 saturated carbocycles. The molecule has 0 aliphatic carbocycles. The number of ether oxygens (including phenoxy) is 1. The molecule has 7 nitrogen and oxygen atoms in total. The summed E-state index contributed by atoms with van der Waals surface area (Å²) in [7, 11) is 1.46. The number of hydrogen-bond acceptors (Lipinski definition) is 5. The van der Waals surface area contributed by atoms with Crippen molar-refractivity contribution in [3.05, 3.63) is 51.5 Å². The molecule has 0 radical (unpaired) electrons. The summed E-state index contributed by atoms with van der Waals surface area (Å²) in [5, 5.41) is 2.87. The number of carbonyl (C=O) groups is 1. The highest BCUT2D eigenvalue weighted by Crippen LogP contribution is 2.20. The molecule has 0 fully saturated rings. The number of aliphatic imine (C=N–C) groups is 1. The van der Waals surface area contributed by atoms with Crippen molar-refractivity contribution in [3.63, 3.8) is 0 Å². The molecule has 0 unspecified atom stereocenters. The Balaban J connectivity index is 2.19. The molecular formula is C16H16FIN4O3. The molecule has 2 N–H and O–H groups in total. The number of benzene rings is 1. The topological polar surface area (TPSA) is 84.8 Å². The van der Waals surface area contributed by atoms with Crippen molar-refractivity contribution in [1.82, 2.24) is 15.8 Å². The van der Waals surface area contributed by atoms with Gasteiger partial charge in [-0.2, -0.15) is 10.5 Å². The van der Waals surface area contributed by atoms with Crippen molar-refractivity contribution in [3.8, 4) is 5.75 Å². The third kappa shape index (κ3) is 5.85. The van der Waals surface area contributed by atoms with Gasteiger partial charge in [0, 0.05) is 28.8 Å². The van der Waals surface area contributed by atoms with Gasteiger partial charge in [-0.05, 0) is 46.9 Å². The lowest BCUT2D eigenvalue weighted by atomic mass is 10.2. The number of halogens is 2. The van der Waals surface area contributed by atoms with Crippen LogP contribution >= 0.6 is 22.6 Å². The molecule has 1 heterocycles. The number of hydrogen-bond donors (Lipinski definition) is 2. The smallest absolute Gasteiger partial charge is 0.329 e. The molecule has 0 bridgehead atoms. The van der Waals surface area contributed by atoms with E-state index in [9.17, 15) is 9.18 Å². The lowest BCUT2D eigenvalue weighted by Gasteiger charge is -2.13. The Bertz CT molecular complexity index is 768. The van der Waals surface area contributed by atoms with Gasteiger partial charge in [0.15, 0.2) is 5.82 Å². The Morgan fingerprint density at radius 2 is 2.16 bits per heavy atom. The zero-order valence-electron chi connectivity index (χ0n) is 13.5. The van der Waals surface area contributed by atoms with E-state index < -0.39 is 11.8 Å². The van der Waals surface area contributed by atoms with Gasteiger partial charge >= 0.3 is 5.97 Å². The standard InChI is InChI=1S/C16H16FIN4O3/c1-10(23)25-22-16(21-15-7-6-11(18)8-19-15)20-9-12-13(17)4-3-5-14(12)24-2/h3-8H,9H2,1-2H3,(H2,19,20,21,22). The van der Waals surface area contributed by atoms with Crippen LogP contribution in [0.1, 0.15) is 12.5 Å². The second-order valence-corrected chi connectivity index (χ2v) is 6.01. The van der Waals surface area contributed by atoms with Gasteiger partial charge in [-0.25, -0.2) is 9.37 Å². The van der Waals surface area contributed by atoms with E-state index in [1.807, 2.05) is 6.07 Å². The molecule has 0 spiro atoms. The average Bonchev–Trinajstić information content (AvgIpc) is 2.59. The van der Waals surface area contributed by atoms with Crippen LogP contribution < -0.4 is 15.5 Å². The quantitative estimate of drug-likeness (QED) is 0.317. The van der Waals surface area contributed by atoms with E-state index in [2.05, 4.69) is 43.4 Å². The average molecular weight is 458 g/mol. The van der Waals surface area contributed by atoms with Crippen LogP contribution in [0.3, 0.4) is 0 Å². The first-order chi connectivity index (χ1) is 12.0. The molecule has 0 saturated heterocycles. The lowest BCUT2D eigenvalue weighted by Crippen LogP contribution is -2.38. The number of hydroxylamine groups is 1. The summed E-state index contributed by atoms with van der Waals surface area (Å²) in [5.74, 6) is -0.0800. The second-order valence-electron chi connectivity index (χ2n) is 4.76. The third-order valence-electron chi connectivity index (χ3n) is 2.96. The van der Waals surface area contributed by atoms with Crippen LogP contribution in [0.5, 0.6) is 5.75 Å². The summed E-state index contributed by atoms with van der Waals surface area (Å²) in [6.07, 6.45) is 1.64. The predicted molar refractivity (Wildman–Crippen MR) is 98.7 cm³/mol. The number of nitrogens with zero attached hydrogens (tertiary/aromatic N) is 2. The van der Waals surface area contributed by atoms with Gasteiger partial charge < -0.3 is 14.9 Å². The highest BCUT2D eigenvalue weighted by atomic mass is 127. The van der Waals surface area contributed by atoms with Gasteiger partial charge in [-0.15, -0.1) is 0 Å². The van der Waals surface area contributed by atoms with Gasteiger partial charge in [0.25, 0.3) is 0 Å². The molecule has 0 aliphatic heterocycles. The zero-order valence-corrected chi connectivity index (χ0v) is 15.7. The minimum Gasteiger partial charge on any atom is -0.496 e. The van der Waals surface area contributed by atoms with E-state index >= 15 is 0 Å². The molecule has 2 aromatic rings.